The number of oxime groups is 1. The molecule has 2 heterocycles. The molecule has 6 heteroatoms. The maximum absolute atomic E-state index is 9.01. The molecule has 0 aromatic carbocycles. The zero-order valence-electron chi connectivity index (χ0n) is 12.4. The zero-order chi connectivity index (χ0) is 14.7. The second-order valence-electron chi connectivity index (χ2n) is 5.47. The molecule has 1 unspecified atom stereocenters. The van der Waals surface area contributed by atoms with Gasteiger partial charge in [0.15, 0.2) is 5.84 Å². The van der Waals surface area contributed by atoms with Crippen molar-refractivity contribution in [2.24, 2.45) is 10.9 Å². The number of amidine groups is 1. The van der Waals surface area contributed by atoms with Crippen LogP contribution in [0.2, 0.25) is 0 Å². The summed E-state index contributed by atoms with van der Waals surface area (Å²) in [6.45, 7) is 7.11. The number of aryl methyl sites for hydroxylation is 1. The Morgan fingerprint density at radius 2 is 2.25 bits per heavy atom. The van der Waals surface area contributed by atoms with Gasteiger partial charge in [-0.2, -0.15) is 0 Å². The van der Waals surface area contributed by atoms with E-state index in [1.54, 1.807) is 6.20 Å². The number of aromatic nitrogens is 1. The summed E-state index contributed by atoms with van der Waals surface area (Å²) >= 11 is 0. The molecule has 1 aromatic rings. The van der Waals surface area contributed by atoms with Crippen molar-refractivity contribution in [3.05, 3.63) is 23.4 Å². The fourth-order valence-electron chi connectivity index (χ4n) is 2.82. The van der Waals surface area contributed by atoms with Crippen molar-refractivity contribution in [2.75, 3.05) is 31.6 Å². The summed E-state index contributed by atoms with van der Waals surface area (Å²) in [5.41, 5.74) is 7.53. The lowest BCUT2D eigenvalue weighted by atomic mass is 10.1. The Balaban J connectivity index is 2.43. The monoisotopic (exact) mass is 277 g/mol. The van der Waals surface area contributed by atoms with Gasteiger partial charge in [-0.05, 0) is 45.5 Å². The number of nitrogens with zero attached hydrogens (tertiary/aromatic N) is 4. The largest absolute Gasteiger partial charge is 0.409 e. The van der Waals surface area contributed by atoms with Crippen LogP contribution in [0, 0.1) is 6.92 Å². The first-order valence-electron chi connectivity index (χ1n) is 6.93. The summed E-state index contributed by atoms with van der Waals surface area (Å²) in [6, 6.07) is 2.22. The fraction of sp³-hybridized carbons (Fsp3) is 0.571. The quantitative estimate of drug-likeness (QED) is 0.365. The third-order valence-electron chi connectivity index (χ3n) is 3.82. The number of nitrogens with two attached hydrogens (primary N) is 1. The van der Waals surface area contributed by atoms with E-state index in [9.17, 15) is 0 Å². The van der Waals surface area contributed by atoms with E-state index in [-0.39, 0.29) is 5.84 Å². The van der Waals surface area contributed by atoms with Gasteiger partial charge in [0.1, 0.15) is 5.82 Å². The van der Waals surface area contributed by atoms with Crippen molar-refractivity contribution in [1.29, 1.82) is 0 Å². The molecule has 0 spiro atoms. The standard InChI is InChI=1S/C14H23N5O/c1-10-5-6-16-14(12(10)13(15)17-20)19-8-4-7-18(3)9-11(19)2/h5-6,11,20H,4,7-9H2,1-3H3,(H2,15,17). The second kappa shape index (κ2) is 6.09. The third kappa shape index (κ3) is 2.85. The minimum Gasteiger partial charge on any atom is -0.409 e. The van der Waals surface area contributed by atoms with Gasteiger partial charge in [-0.1, -0.05) is 5.16 Å². The van der Waals surface area contributed by atoms with Crippen LogP contribution in [-0.2, 0) is 0 Å². The minimum absolute atomic E-state index is 0.121. The first kappa shape index (κ1) is 14.6. The summed E-state index contributed by atoms with van der Waals surface area (Å²) in [6.07, 6.45) is 2.85. The third-order valence-corrected chi connectivity index (χ3v) is 3.82. The van der Waals surface area contributed by atoms with Crippen molar-refractivity contribution in [2.45, 2.75) is 26.3 Å². The number of hydrogen-bond donors (Lipinski definition) is 2. The van der Waals surface area contributed by atoms with Crippen LogP contribution < -0.4 is 10.6 Å². The number of pyridine rings is 1. The Kier molecular flexibility index (Phi) is 4.44. The SMILES string of the molecule is Cc1ccnc(N2CCCN(C)CC2C)c1/C(N)=N/O. The molecular formula is C14H23N5O. The van der Waals surface area contributed by atoms with Gasteiger partial charge in [-0.15, -0.1) is 0 Å². The Labute approximate surface area is 119 Å². The van der Waals surface area contributed by atoms with Crippen LogP contribution in [0.4, 0.5) is 5.82 Å². The van der Waals surface area contributed by atoms with Crippen molar-refractivity contribution in [3.8, 4) is 0 Å². The van der Waals surface area contributed by atoms with Gasteiger partial charge in [0.25, 0.3) is 0 Å². The lowest BCUT2D eigenvalue weighted by Crippen LogP contribution is -2.39. The summed E-state index contributed by atoms with van der Waals surface area (Å²) in [5.74, 6) is 0.929. The number of likely N-dealkylation sites (N-methyl/N-ethyl adjacent to an activating group) is 1. The second-order valence-corrected chi connectivity index (χ2v) is 5.47. The van der Waals surface area contributed by atoms with E-state index in [4.69, 9.17) is 10.9 Å². The van der Waals surface area contributed by atoms with E-state index in [0.29, 0.717) is 6.04 Å². The highest BCUT2D eigenvalue weighted by Crippen LogP contribution is 2.24. The Hall–Kier alpha value is -1.82. The van der Waals surface area contributed by atoms with Crippen molar-refractivity contribution < 1.29 is 5.21 Å². The summed E-state index contributed by atoms with van der Waals surface area (Å²) in [5, 5.41) is 12.2. The van der Waals surface area contributed by atoms with Crippen LogP contribution in [0.25, 0.3) is 0 Å². The Morgan fingerprint density at radius 3 is 2.95 bits per heavy atom. The van der Waals surface area contributed by atoms with Crippen LogP contribution >= 0.6 is 0 Å². The van der Waals surface area contributed by atoms with Gasteiger partial charge in [0.2, 0.25) is 0 Å². The van der Waals surface area contributed by atoms with Gasteiger partial charge in [-0.3, -0.25) is 0 Å². The molecule has 20 heavy (non-hydrogen) atoms. The fourth-order valence-corrected chi connectivity index (χ4v) is 2.82. The molecule has 6 nitrogen and oxygen atoms in total. The van der Waals surface area contributed by atoms with Crippen molar-refractivity contribution >= 4 is 11.7 Å². The minimum atomic E-state index is 0.121. The summed E-state index contributed by atoms with van der Waals surface area (Å²) in [7, 11) is 2.13. The molecular weight excluding hydrogens is 254 g/mol. The van der Waals surface area contributed by atoms with E-state index in [1.165, 1.54) is 0 Å². The topological polar surface area (TPSA) is 78.0 Å². The highest BCUT2D eigenvalue weighted by Gasteiger charge is 2.24. The molecule has 0 bridgehead atoms. The van der Waals surface area contributed by atoms with E-state index >= 15 is 0 Å². The molecule has 3 N–H and O–H groups in total. The van der Waals surface area contributed by atoms with E-state index in [2.05, 4.69) is 33.9 Å². The lowest BCUT2D eigenvalue weighted by Gasteiger charge is -2.30. The lowest BCUT2D eigenvalue weighted by molar-refractivity contribution is 0.318. The Bertz CT molecular complexity index is 502. The normalized spacial score (nSPS) is 21.9. The van der Waals surface area contributed by atoms with Gasteiger partial charge >= 0.3 is 0 Å². The van der Waals surface area contributed by atoms with Crippen molar-refractivity contribution in [1.82, 2.24) is 9.88 Å². The zero-order valence-corrected chi connectivity index (χ0v) is 12.4. The predicted molar refractivity (Wildman–Crippen MR) is 80.4 cm³/mol. The Morgan fingerprint density at radius 1 is 1.50 bits per heavy atom. The molecule has 0 aliphatic carbocycles. The van der Waals surface area contributed by atoms with Crippen molar-refractivity contribution in [3.63, 3.8) is 0 Å². The predicted octanol–water partition coefficient (Wildman–Crippen LogP) is 1.01. The number of anilines is 1. The van der Waals surface area contributed by atoms with Gasteiger partial charge in [-0.25, -0.2) is 4.98 Å². The average Bonchev–Trinajstić information content (AvgIpc) is 2.58. The molecule has 110 valence electrons. The average molecular weight is 277 g/mol. The molecule has 2 rings (SSSR count). The maximum atomic E-state index is 9.01. The molecule has 0 saturated carbocycles. The molecule has 1 aliphatic heterocycles. The molecule has 1 aliphatic rings. The van der Waals surface area contributed by atoms with E-state index in [0.717, 1.165) is 43.0 Å². The molecule has 0 amide bonds. The molecule has 1 aromatic heterocycles. The number of hydrogen-bond acceptors (Lipinski definition) is 5. The maximum Gasteiger partial charge on any atom is 0.174 e. The van der Waals surface area contributed by atoms with Crippen LogP contribution in [0.15, 0.2) is 17.4 Å². The first-order valence-corrected chi connectivity index (χ1v) is 6.93. The van der Waals surface area contributed by atoms with Crippen LogP contribution in [0.3, 0.4) is 0 Å². The first-order chi connectivity index (χ1) is 9.54. The van der Waals surface area contributed by atoms with Crippen LogP contribution in [-0.4, -0.2) is 53.7 Å². The van der Waals surface area contributed by atoms with Crippen LogP contribution in [0.1, 0.15) is 24.5 Å². The number of rotatable bonds is 2. The molecule has 1 fully saturated rings. The van der Waals surface area contributed by atoms with E-state index < -0.39 is 0 Å². The molecule has 1 saturated heterocycles. The molecule has 1 atom stereocenters. The summed E-state index contributed by atoms with van der Waals surface area (Å²) < 4.78 is 0. The smallest absolute Gasteiger partial charge is 0.174 e. The van der Waals surface area contributed by atoms with Gasteiger partial charge < -0.3 is 20.7 Å². The molecule has 0 radical (unpaired) electrons. The highest BCUT2D eigenvalue weighted by molar-refractivity contribution is 6.02. The van der Waals surface area contributed by atoms with Gasteiger partial charge in [0, 0.05) is 25.3 Å². The summed E-state index contributed by atoms with van der Waals surface area (Å²) in [4.78, 5) is 9.06. The van der Waals surface area contributed by atoms with Gasteiger partial charge in [0.05, 0.1) is 5.56 Å². The van der Waals surface area contributed by atoms with Crippen LogP contribution in [0.5, 0.6) is 0 Å². The highest BCUT2D eigenvalue weighted by atomic mass is 16.4. The van der Waals surface area contributed by atoms with E-state index in [1.807, 2.05) is 13.0 Å².